The standard InChI is InChI=1S/C25H19I/c26-20-15-16-22-21-13-7-8-14-23(21)25(24(22)17-20,18-9-3-1-4-10-18)19-11-5-2-6-12-19/h1-14,17H,15-16H2. The molecule has 0 fully saturated rings. The highest BCUT2D eigenvalue weighted by Gasteiger charge is 2.47. The molecule has 2 aliphatic carbocycles. The van der Waals surface area contributed by atoms with Crippen LogP contribution in [0.4, 0.5) is 0 Å². The number of allylic oxidation sites excluding steroid dienone is 4. The second-order valence-corrected chi connectivity index (χ2v) is 8.40. The Labute approximate surface area is 168 Å². The highest BCUT2D eigenvalue weighted by molar-refractivity contribution is 14.1. The van der Waals surface area contributed by atoms with Crippen molar-refractivity contribution < 1.29 is 0 Å². The van der Waals surface area contributed by atoms with E-state index in [9.17, 15) is 0 Å². The molecule has 0 saturated heterocycles. The number of halogens is 1. The Kier molecular flexibility index (Phi) is 3.86. The zero-order chi connectivity index (χ0) is 17.6. The number of benzene rings is 3. The fourth-order valence-electron chi connectivity index (χ4n) is 4.69. The van der Waals surface area contributed by atoms with Crippen LogP contribution in [0.25, 0.3) is 5.57 Å². The van der Waals surface area contributed by atoms with Crippen LogP contribution in [0.1, 0.15) is 35.1 Å². The Bertz CT molecular complexity index is 987. The van der Waals surface area contributed by atoms with Gasteiger partial charge in [0.2, 0.25) is 0 Å². The van der Waals surface area contributed by atoms with E-state index in [0.717, 1.165) is 12.8 Å². The van der Waals surface area contributed by atoms with E-state index < -0.39 is 0 Å². The van der Waals surface area contributed by atoms with Crippen molar-refractivity contribution in [3.05, 3.63) is 122 Å². The van der Waals surface area contributed by atoms with E-state index in [2.05, 4.69) is 114 Å². The number of hydrogen-bond acceptors (Lipinski definition) is 0. The van der Waals surface area contributed by atoms with Crippen molar-refractivity contribution in [3.8, 4) is 0 Å². The molecule has 0 amide bonds. The van der Waals surface area contributed by atoms with Crippen molar-refractivity contribution in [2.45, 2.75) is 18.3 Å². The van der Waals surface area contributed by atoms with E-state index in [1.54, 1.807) is 0 Å². The fourth-order valence-corrected chi connectivity index (χ4v) is 5.27. The Balaban J connectivity index is 1.94. The Morgan fingerprint density at radius 1 is 0.654 bits per heavy atom. The van der Waals surface area contributed by atoms with Crippen LogP contribution in [0.3, 0.4) is 0 Å². The van der Waals surface area contributed by atoms with E-state index in [1.165, 1.54) is 37.0 Å². The first-order chi connectivity index (χ1) is 12.8. The number of fused-ring (bicyclic) bond motifs is 2. The maximum atomic E-state index is 2.51. The fraction of sp³-hybridized carbons (Fsp3) is 0.120. The van der Waals surface area contributed by atoms with Gasteiger partial charge in [0.05, 0.1) is 5.41 Å². The number of hydrogen-bond donors (Lipinski definition) is 0. The predicted octanol–water partition coefficient (Wildman–Crippen LogP) is 6.90. The summed E-state index contributed by atoms with van der Waals surface area (Å²) < 4.78 is 1.45. The first-order valence-electron chi connectivity index (χ1n) is 9.12. The van der Waals surface area contributed by atoms with E-state index in [-0.39, 0.29) is 5.41 Å². The quantitative estimate of drug-likeness (QED) is 0.376. The maximum Gasteiger partial charge on any atom is 0.0710 e. The molecule has 0 aromatic heterocycles. The van der Waals surface area contributed by atoms with Gasteiger partial charge < -0.3 is 0 Å². The molecule has 0 spiro atoms. The molecule has 0 bridgehead atoms. The lowest BCUT2D eigenvalue weighted by Crippen LogP contribution is -2.29. The minimum absolute atomic E-state index is 0.217. The summed E-state index contributed by atoms with van der Waals surface area (Å²) in [5.41, 5.74) is 8.32. The minimum atomic E-state index is -0.217. The van der Waals surface area contributed by atoms with Crippen molar-refractivity contribution in [1.82, 2.24) is 0 Å². The molecule has 26 heavy (non-hydrogen) atoms. The largest absolute Gasteiger partial charge is 0.0710 e. The highest BCUT2D eigenvalue weighted by Crippen LogP contribution is 2.57. The molecule has 0 heterocycles. The first-order valence-corrected chi connectivity index (χ1v) is 10.2. The van der Waals surface area contributed by atoms with Gasteiger partial charge in [-0.2, -0.15) is 0 Å². The monoisotopic (exact) mass is 446 g/mol. The van der Waals surface area contributed by atoms with Gasteiger partial charge in [-0.05, 0) is 78.5 Å². The van der Waals surface area contributed by atoms with Gasteiger partial charge in [0.1, 0.15) is 0 Å². The molecule has 126 valence electrons. The van der Waals surface area contributed by atoms with Crippen LogP contribution in [0, 0.1) is 0 Å². The SMILES string of the molecule is IC1=CC2=C(CC1)c1ccccc1C2(c1ccccc1)c1ccccc1. The van der Waals surface area contributed by atoms with Crippen molar-refractivity contribution in [1.29, 1.82) is 0 Å². The van der Waals surface area contributed by atoms with Gasteiger partial charge >= 0.3 is 0 Å². The predicted molar refractivity (Wildman–Crippen MR) is 117 cm³/mol. The van der Waals surface area contributed by atoms with Crippen molar-refractivity contribution >= 4 is 28.2 Å². The van der Waals surface area contributed by atoms with Gasteiger partial charge in [-0.15, -0.1) is 0 Å². The summed E-state index contributed by atoms with van der Waals surface area (Å²) in [5.74, 6) is 0. The van der Waals surface area contributed by atoms with Crippen LogP contribution in [0.15, 0.2) is 100 Å². The lowest BCUT2D eigenvalue weighted by Gasteiger charge is -2.35. The van der Waals surface area contributed by atoms with Gasteiger partial charge in [-0.3, -0.25) is 0 Å². The molecule has 0 N–H and O–H groups in total. The topological polar surface area (TPSA) is 0 Å². The van der Waals surface area contributed by atoms with Crippen molar-refractivity contribution in [3.63, 3.8) is 0 Å². The third-order valence-electron chi connectivity index (χ3n) is 5.71. The van der Waals surface area contributed by atoms with Crippen LogP contribution < -0.4 is 0 Å². The average molecular weight is 446 g/mol. The molecule has 0 nitrogen and oxygen atoms in total. The van der Waals surface area contributed by atoms with Gasteiger partial charge in [0, 0.05) is 0 Å². The summed E-state index contributed by atoms with van der Waals surface area (Å²) in [7, 11) is 0. The summed E-state index contributed by atoms with van der Waals surface area (Å²) in [6, 6.07) is 31.0. The normalized spacial score (nSPS) is 17.5. The molecule has 0 aliphatic heterocycles. The summed E-state index contributed by atoms with van der Waals surface area (Å²) >= 11 is 2.51. The Morgan fingerprint density at radius 3 is 1.88 bits per heavy atom. The van der Waals surface area contributed by atoms with Crippen LogP contribution >= 0.6 is 22.6 Å². The zero-order valence-corrected chi connectivity index (χ0v) is 16.6. The van der Waals surface area contributed by atoms with Gasteiger partial charge in [0.25, 0.3) is 0 Å². The Hall–Kier alpha value is -2.13. The second kappa shape index (κ2) is 6.24. The van der Waals surface area contributed by atoms with Crippen molar-refractivity contribution in [2.75, 3.05) is 0 Å². The summed E-state index contributed by atoms with van der Waals surface area (Å²) in [6.07, 6.45) is 4.72. The maximum absolute atomic E-state index is 2.51. The average Bonchev–Trinajstić information content (AvgIpc) is 3.00. The van der Waals surface area contributed by atoms with Crippen LogP contribution in [-0.2, 0) is 5.41 Å². The first kappa shape index (κ1) is 16.1. The highest BCUT2D eigenvalue weighted by atomic mass is 127. The number of rotatable bonds is 2. The molecule has 3 aromatic rings. The van der Waals surface area contributed by atoms with Crippen molar-refractivity contribution in [2.24, 2.45) is 0 Å². The van der Waals surface area contributed by atoms with E-state index in [4.69, 9.17) is 0 Å². The summed E-state index contributed by atoms with van der Waals surface area (Å²) in [4.78, 5) is 0. The third kappa shape index (κ3) is 2.20. The summed E-state index contributed by atoms with van der Waals surface area (Å²) in [6.45, 7) is 0. The molecular formula is C25H19I. The molecule has 2 aliphatic rings. The zero-order valence-electron chi connectivity index (χ0n) is 14.5. The lowest BCUT2D eigenvalue weighted by molar-refractivity contribution is 0.756. The lowest BCUT2D eigenvalue weighted by atomic mass is 9.66. The van der Waals surface area contributed by atoms with Crippen LogP contribution in [-0.4, -0.2) is 0 Å². The summed E-state index contributed by atoms with van der Waals surface area (Å²) in [5, 5.41) is 0. The Morgan fingerprint density at radius 2 is 1.23 bits per heavy atom. The second-order valence-electron chi connectivity index (χ2n) is 7.01. The van der Waals surface area contributed by atoms with E-state index >= 15 is 0 Å². The third-order valence-corrected chi connectivity index (χ3v) is 6.56. The minimum Gasteiger partial charge on any atom is -0.0622 e. The van der Waals surface area contributed by atoms with E-state index in [1.807, 2.05) is 0 Å². The molecule has 0 atom stereocenters. The van der Waals surface area contributed by atoms with Crippen LogP contribution in [0.5, 0.6) is 0 Å². The molecule has 3 aromatic carbocycles. The molecule has 5 rings (SSSR count). The van der Waals surface area contributed by atoms with Gasteiger partial charge in [-0.1, -0.05) is 84.9 Å². The van der Waals surface area contributed by atoms with E-state index in [0.29, 0.717) is 0 Å². The van der Waals surface area contributed by atoms with Gasteiger partial charge in [-0.25, -0.2) is 0 Å². The van der Waals surface area contributed by atoms with Crippen LogP contribution in [0.2, 0.25) is 0 Å². The molecule has 0 radical (unpaired) electrons. The smallest absolute Gasteiger partial charge is 0.0622 e. The molecule has 0 unspecified atom stereocenters. The molecular weight excluding hydrogens is 427 g/mol. The molecule has 0 saturated carbocycles. The van der Waals surface area contributed by atoms with Gasteiger partial charge in [0.15, 0.2) is 0 Å². The molecule has 1 heteroatoms.